The van der Waals surface area contributed by atoms with E-state index in [0.29, 0.717) is 5.89 Å². The van der Waals surface area contributed by atoms with Crippen LogP contribution in [0.1, 0.15) is 0 Å². The van der Waals surface area contributed by atoms with Gasteiger partial charge in [0.05, 0.1) is 11.0 Å². The van der Waals surface area contributed by atoms with Gasteiger partial charge in [0.15, 0.2) is 5.58 Å². The van der Waals surface area contributed by atoms with Gasteiger partial charge >= 0.3 is 0 Å². The summed E-state index contributed by atoms with van der Waals surface area (Å²) in [6.45, 7) is 0. The molecule has 3 heteroatoms. The first-order chi connectivity index (χ1) is 22.8. The highest BCUT2D eigenvalue weighted by Crippen LogP contribution is 2.36. The van der Waals surface area contributed by atoms with Gasteiger partial charge in [-0.2, -0.15) is 0 Å². The number of hydrogen-bond acceptors (Lipinski definition) is 2. The monoisotopic (exact) mass is 588 g/mol. The van der Waals surface area contributed by atoms with Crippen LogP contribution in [0.15, 0.2) is 174 Å². The van der Waals surface area contributed by atoms with Crippen LogP contribution in [-0.4, -0.2) is 9.55 Å². The fraction of sp³-hybridized carbons (Fsp3) is 0. The van der Waals surface area contributed by atoms with Crippen molar-refractivity contribution in [3.8, 4) is 50.5 Å². The molecule has 0 saturated carbocycles. The Hall–Kier alpha value is -6.19. The molecule has 0 spiro atoms. The van der Waals surface area contributed by atoms with Crippen molar-refractivity contribution in [3.63, 3.8) is 0 Å². The molecule has 9 rings (SSSR count). The number of hydrogen-bond donors (Lipinski definition) is 0. The molecule has 0 fully saturated rings. The average molecular weight is 589 g/mol. The van der Waals surface area contributed by atoms with Gasteiger partial charge in [-0.3, -0.25) is 0 Å². The first-order valence-corrected chi connectivity index (χ1v) is 15.5. The molecule has 0 radical (unpaired) electrons. The second-order valence-corrected chi connectivity index (χ2v) is 11.6. The second kappa shape index (κ2) is 10.8. The highest BCUT2D eigenvalue weighted by atomic mass is 16.3. The Labute approximate surface area is 266 Å². The molecule has 7 aromatic carbocycles. The fourth-order valence-corrected chi connectivity index (χ4v) is 6.53. The highest BCUT2D eigenvalue weighted by Gasteiger charge is 2.14. The Morgan fingerprint density at radius 2 is 0.913 bits per heavy atom. The summed E-state index contributed by atoms with van der Waals surface area (Å²) in [5, 5.41) is 2.50. The number of aromatic nitrogens is 2. The summed E-state index contributed by atoms with van der Waals surface area (Å²) in [4.78, 5) is 4.77. The number of fused-ring (bicyclic) bond motifs is 4. The minimum atomic E-state index is 0.642. The number of rotatable bonds is 5. The Balaban J connectivity index is 1.08. The molecular formula is C43H28N2O. The minimum Gasteiger partial charge on any atom is -0.436 e. The maximum atomic E-state index is 6.03. The predicted molar refractivity (Wildman–Crippen MR) is 190 cm³/mol. The van der Waals surface area contributed by atoms with Gasteiger partial charge < -0.3 is 8.98 Å². The Morgan fingerprint density at radius 3 is 1.65 bits per heavy atom. The molecule has 0 bridgehead atoms. The van der Waals surface area contributed by atoms with Crippen molar-refractivity contribution in [1.29, 1.82) is 0 Å². The third-order valence-corrected chi connectivity index (χ3v) is 8.87. The lowest BCUT2D eigenvalue weighted by atomic mass is 9.99. The summed E-state index contributed by atoms with van der Waals surface area (Å²) in [6.07, 6.45) is 0. The van der Waals surface area contributed by atoms with Gasteiger partial charge in [-0.05, 0) is 81.9 Å². The van der Waals surface area contributed by atoms with Crippen molar-refractivity contribution in [1.82, 2.24) is 9.55 Å². The van der Waals surface area contributed by atoms with Crippen LogP contribution in [0.25, 0.3) is 83.4 Å². The van der Waals surface area contributed by atoms with Crippen molar-refractivity contribution < 1.29 is 4.42 Å². The van der Waals surface area contributed by atoms with E-state index in [0.717, 1.165) is 33.5 Å². The quantitative estimate of drug-likeness (QED) is 0.200. The summed E-state index contributed by atoms with van der Waals surface area (Å²) in [5.41, 5.74) is 13.2. The molecule has 9 aromatic rings. The molecule has 0 unspecified atom stereocenters. The van der Waals surface area contributed by atoms with E-state index in [9.17, 15) is 0 Å². The van der Waals surface area contributed by atoms with Gasteiger partial charge in [-0.25, -0.2) is 4.98 Å². The lowest BCUT2D eigenvalue weighted by molar-refractivity contribution is 0.620. The van der Waals surface area contributed by atoms with Crippen molar-refractivity contribution in [3.05, 3.63) is 170 Å². The molecular weight excluding hydrogens is 560 g/mol. The first kappa shape index (κ1) is 26.2. The lowest BCUT2D eigenvalue weighted by Gasteiger charge is -2.11. The summed E-state index contributed by atoms with van der Waals surface area (Å²) in [6, 6.07) is 59.9. The molecule has 0 aliphatic carbocycles. The molecule has 2 aromatic heterocycles. The van der Waals surface area contributed by atoms with Crippen molar-refractivity contribution in [2.75, 3.05) is 0 Å². The van der Waals surface area contributed by atoms with Gasteiger partial charge in [0.1, 0.15) is 5.52 Å². The lowest BCUT2D eigenvalue weighted by Crippen LogP contribution is -1.94. The number of nitrogens with zero attached hydrogens (tertiary/aromatic N) is 2. The van der Waals surface area contributed by atoms with Crippen LogP contribution >= 0.6 is 0 Å². The number of benzene rings is 7. The van der Waals surface area contributed by atoms with Crippen LogP contribution in [0.2, 0.25) is 0 Å². The van der Waals surface area contributed by atoms with Gasteiger partial charge in [0, 0.05) is 22.0 Å². The van der Waals surface area contributed by atoms with E-state index in [2.05, 4.69) is 138 Å². The van der Waals surface area contributed by atoms with E-state index in [1.54, 1.807) is 0 Å². The van der Waals surface area contributed by atoms with Gasteiger partial charge in [0.25, 0.3) is 0 Å². The molecule has 0 N–H and O–H groups in total. The van der Waals surface area contributed by atoms with Gasteiger partial charge in [0.2, 0.25) is 5.89 Å². The van der Waals surface area contributed by atoms with Crippen LogP contribution in [0.3, 0.4) is 0 Å². The second-order valence-electron chi connectivity index (χ2n) is 11.6. The number of para-hydroxylation sites is 1. The SMILES string of the molecule is c1ccc(-c2ccc(-n3c4ccccc4c4ccc(-c5ccc(-c6ccc7oc(-c8ccccc8)nc7c6)cc5)cc43)cc2)cc1. The Bertz CT molecular complexity index is 2490. The third kappa shape index (κ3) is 4.49. The molecule has 0 saturated heterocycles. The maximum absolute atomic E-state index is 6.03. The molecule has 0 amide bonds. The van der Waals surface area contributed by atoms with E-state index in [1.165, 1.54) is 44.1 Å². The van der Waals surface area contributed by atoms with Gasteiger partial charge in [-0.15, -0.1) is 0 Å². The van der Waals surface area contributed by atoms with Crippen molar-refractivity contribution >= 4 is 32.9 Å². The average Bonchev–Trinajstić information content (AvgIpc) is 3.71. The predicted octanol–water partition coefficient (Wildman–Crippen LogP) is 11.6. The fourth-order valence-electron chi connectivity index (χ4n) is 6.53. The van der Waals surface area contributed by atoms with Crippen LogP contribution in [0, 0.1) is 0 Å². The van der Waals surface area contributed by atoms with Crippen LogP contribution < -0.4 is 0 Å². The highest BCUT2D eigenvalue weighted by molar-refractivity contribution is 6.10. The van der Waals surface area contributed by atoms with E-state index >= 15 is 0 Å². The summed E-state index contributed by atoms with van der Waals surface area (Å²) in [7, 11) is 0. The first-order valence-electron chi connectivity index (χ1n) is 15.5. The molecule has 0 aliphatic rings. The minimum absolute atomic E-state index is 0.642. The normalized spacial score (nSPS) is 11.5. The third-order valence-electron chi connectivity index (χ3n) is 8.87. The molecule has 46 heavy (non-hydrogen) atoms. The number of oxazole rings is 1. The zero-order chi connectivity index (χ0) is 30.5. The topological polar surface area (TPSA) is 31.0 Å². The van der Waals surface area contributed by atoms with Crippen LogP contribution in [0.4, 0.5) is 0 Å². The molecule has 0 atom stereocenters. The summed E-state index contributed by atoms with van der Waals surface area (Å²) in [5.74, 6) is 0.642. The van der Waals surface area contributed by atoms with Crippen LogP contribution in [-0.2, 0) is 0 Å². The molecule has 216 valence electrons. The maximum Gasteiger partial charge on any atom is 0.227 e. The molecule has 3 nitrogen and oxygen atoms in total. The standard InChI is InChI=1S/C43H28N2O/c1-3-9-29(10-4-1)30-19-23-36(24-20-30)45-40-14-8-7-13-37(40)38-25-21-35(28-41(38)45)32-17-15-31(16-18-32)34-22-26-42-39(27-34)44-43(46-42)33-11-5-2-6-12-33/h1-28H. The van der Waals surface area contributed by atoms with Crippen LogP contribution in [0.5, 0.6) is 0 Å². The van der Waals surface area contributed by atoms with Crippen molar-refractivity contribution in [2.45, 2.75) is 0 Å². The molecule has 2 heterocycles. The summed E-state index contributed by atoms with van der Waals surface area (Å²) >= 11 is 0. The van der Waals surface area contributed by atoms with Gasteiger partial charge in [-0.1, -0.05) is 121 Å². The zero-order valence-electron chi connectivity index (χ0n) is 25.0. The smallest absolute Gasteiger partial charge is 0.227 e. The summed E-state index contributed by atoms with van der Waals surface area (Å²) < 4.78 is 8.42. The van der Waals surface area contributed by atoms with E-state index in [1.807, 2.05) is 36.4 Å². The largest absolute Gasteiger partial charge is 0.436 e. The zero-order valence-corrected chi connectivity index (χ0v) is 25.0. The van der Waals surface area contributed by atoms with Crippen molar-refractivity contribution in [2.24, 2.45) is 0 Å². The Morgan fingerprint density at radius 1 is 0.391 bits per heavy atom. The molecule has 0 aliphatic heterocycles. The van der Waals surface area contributed by atoms with E-state index in [4.69, 9.17) is 9.40 Å². The van der Waals surface area contributed by atoms with E-state index in [-0.39, 0.29) is 0 Å². The van der Waals surface area contributed by atoms with E-state index < -0.39 is 0 Å². The Kier molecular flexibility index (Phi) is 6.14.